The van der Waals surface area contributed by atoms with Gasteiger partial charge in [0.1, 0.15) is 0 Å². The lowest BCUT2D eigenvalue weighted by Gasteiger charge is -2.12. The number of nitrogens with one attached hydrogen (secondary N) is 1. The van der Waals surface area contributed by atoms with Crippen molar-refractivity contribution >= 4 is 11.6 Å². The highest BCUT2D eigenvalue weighted by Gasteiger charge is 2.09. The quantitative estimate of drug-likeness (QED) is 0.901. The van der Waals surface area contributed by atoms with Gasteiger partial charge in [-0.2, -0.15) is 0 Å². The zero-order chi connectivity index (χ0) is 16.1. The Bertz CT molecular complexity index is 637. The molecule has 0 fully saturated rings. The Labute approximate surface area is 132 Å². The van der Waals surface area contributed by atoms with Crippen LogP contribution in [0.25, 0.3) is 0 Å². The number of carbonyl (C=O) groups is 1. The summed E-state index contributed by atoms with van der Waals surface area (Å²) in [4.78, 5) is 16.6. The maximum atomic E-state index is 12.2. The van der Waals surface area contributed by atoms with E-state index in [1.807, 2.05) is 26.8 Å². The van der Waals surface area contributed by atoms with Gasteiger partial charge in [0.15, 0.2) is 0 Å². The van der Waals surface area contributed by atoms with E-state index in [1.165, 1.54) is 11.1 Å². The lowest BCUT2D eigenvalue weighted by molar-refractivity contribution is -0.116. The molecule has 0 radical (unpaired) electrons. The zero-order valence-electron chi connectivity index (χ0n) is 13.9. The van der Waals surface area contributed by atoms with Crippen molar-refractivity contribution < 1.29 is 4.79 Å². The highest BCUT2D eigenvalue weighted by atomic mass is 16.1. The number of benzene rings is 1. The fraction of sp³-hybridized carbons (Fsp3) is 0.368. The fourth-order valence-corrected chi connectivity index (χ4v) is 2.61. The molecule has 1 heterocycles. The van der Waals surface area contributed by atoms with Crippen molar-refractivity contribution in [3.63, 3.8) is 0 Å². The molecule has 0 spiro atoms. The molecule has 1 aromatic carbocycles. The molecule has 3 nitrogen and oxygen atoms in total. The maximum absolute atomic E-state index is 12.2. The Morgan fingerprint density at radius 2 is 1.73 bits per heavy atom. The van der Waals surface area contributed by atoms with Crippen LogP contribution in [0, 0.1) is 20.8 Å². The average Bonchev–Trinajstić information content (AvgIpc) is 2.49. The number of carbonyl (C=O) groups excluding carboxylic acids is 1. The number of hydrogen-bond donors (Lipinski definition) is 1. The van der Waals surface area contributed by atoms with Crippen LogP contribution in [-0.4, -0.2) is 10.9 Å². The second-order valence-electron chi connectivity index (χ2n) is 5.76. The lowest BCUT2D eigenvalue weighted by atomic mass is 10.1. The van der Waals surface area contributed by atoms with Gasteiger partial charge >= 0.3 is 0 Å². The van der Waals surface area contributed by atoms with Gasteiger partial charge in [0.2, 0.25) is 5.91 Å². The molecule has 0 unspecified atom stereocenters. The summed E-state index contributed by atoms with van der Waals surface area (Å²) in [5, 5.41) is 3.00. The van der Waals surface area contributed by atoms with Crippen LogP contribution in [0.1, 0.15) is 41.4 Å². The van der Waals surface area contributed by atoms with Gasteiger partial charge in [0.25, 0.3) is 0 Å². The first-order valence-electron chi connectivity index (χ1n) is 7.82. The third-order valence-electron chi connectivity index (χ3n) is 3.86. The Hall–Kier alpha value is -2.16. The van der Waals surface area contributed by atoms with E-state index in [4.69, 9.17) is 0 Å². The number of rotatable bonds is 5. The summed E-state index contributed by atoms with van der Waals surface area (Å²) in [7, 11) is 0. The van der Waals surface area contributed by atoms with E-state index in [0.717, 1.165) is 35.5 Å². The van der Waals surface area contributed by atoms with Crippen LogP contribution in [0.5, 0.6) is 0 Å². The van der Waals surface area contributed by atoms with Gasteiger partial charge in [-0.15, -0.1) is 0 Å². The summed E-state index contributed by atoms with van der Waals surface area (Å²) < 4.78 is 0. The second kappa shape index (κ2) is 7.21. The number of anilines is 1. The predicted molar refractivity (Wildman–Crippen MR) is 91.2 cm³/mol. The monoisotopic (exact) mass is 296 g/mol. The SMILES string of the molecule is CCc1ccc(CCC(=O)Nc2c(C)cc(C)nc2C)cc1. The number of nitrogens with zero attached hydrogens (tertiary/aromatic N) is 1. The lowest BCUT2D eigenvalue weighted by Crippen LogP contribution is -2.15. The number of aromatic nitrogens is 1. The van der Waals surface area contributed by atoms with Gasteiger partial charge in [-0.3, -0.25) is 9.78 Å². The molecular formula is C19H24N2O. The minimum atomic E-state index is 0.0384. The van der Waals surface area contributed by atoms with Crippen molar-refractivity contribution in [3.05, 3.63) is 58.4 Å². The van der Waals surface area contributed by atoms with E-state index >= 15 is 0 Å². The van der Waals surface area contributed by atoms with Crippen LogP contribution in [0.4, 0.5) is 5.69 Å². The number of pyridine rings is 1. The molecule has 0 atom stereocenters. The van der Waals surface area contributed by atoms with E-state index in [9.17, 15) is 4.79 Å². The van der Waals surface area contributed by atoms with Crippen molar-refractivity contribution in [2.75, 3.05) is 5.32 Å². The van der Waals surface area contributed by atoms with E-state index in [2.05, 4.69) is 41.5 Å². The summed E-state index contributed by atoms with van der Waals surface area (Å²) >= 11 is 0. The molecule has 1 amide bonds. The van der Waals surface area contributed by atoms with E-state index in [1.54, 1.807) is 0 Å². The minimum Gasteiger partial charge on any atom is -0.324 e. The van der Waals surface area contributed by atoms with Gasteiger partial charge in [-0.25, -0.2) is 0 Å². The summed E-state index contributed by atoms with van der Waals surface area (Å²) in [5.41, 5.74) is 6.28. The van der Waals surface area contributed by atoms with Crippen molar-refractivity contribution in [2.45, 2.75) is 47.0 Å². The normalized spacial score (nSPS) is 10.5. The molecule has 0 saturated carbocycles. The largest absolute Gasteiger partial charge is 0.324 e. The standard InChI is InChI=1S/C19H24N2O/c1-5-16-6-8-17(9-7-16)10-11-18(22)21-19-13(2)12-14(3)20-15(19)4/h6-9,12H,5,10-11H2,1-4H3,(H,21,22). The smallest absolute Gasteiger partial charge is 0.224 e. The van der Waals surface area contributed by atoms with Crippen LogP contribution in [0.2, 0.25) is 0 Å². The van der Waals surface area contributed by atoms with Crippen LogP contribution in [-0.2, 0) is 17.6 Å². The first-order valence-corrected chi connectivity index (χ1v) is 7.82. The molecule has 2 aromatic rings. The summed E-state index contributed by atoms with van der Waals surface area (Å²) in [5.74, 6) is 0.0384. The molecule has 2 rings (SSSR count). The van der Waals surface area contributed by atoms with Crippen LogP contribution >= 0.6 is 0 Å². The topological polar surface area (TPSA) is 42.0 Å². The number of aryl methyl sites for hydroxylation is 5. The molecule has 0 aliphatic rings. The zero-order valence-corrected chi connectivity index (χ0v) is 13.9. The Kier molecular flexibility index (Phi) is 5.31. The summed E-state index contributed by atoms with van der Waals surface area (Å²) in [6, 6.07) is 10.5. The van der Waals surface area contributed by atoms with Crippen molar-refractivity contribution in [3.8, 4) is 0 Å². The third kappa shape index (κ3) is 4.17. The van der Waals surface area contributed by atoms with E-state index in [-0.39, 0.29) is 5.91 Å². The molecule has 22 heavy (non-hydrogen) atoms. The van der Waals surface area contributed by atoms with Gasteiger partial charge in [-0.05, 0) is 56.4 Å². The third-order valence-corrected chi connectivity index (χ3v) is 3.86. The van der Waals surface area contributed by atoms with E-state index in [0.29, 0.717) is 6.42 Å². The van der Waals surface area contributed by atoms with Crippen LogP contribution in [0.15, 0.2) is 30.3 Å². The fourth-order valence-electron chi connectivity index (χ4n) is 2.61. The molecular weight excluding hydrogens is 272 g/mol. The summed E-state index contributed by atoms with van der Waals surface area (Å²) in [6.07, 6.45) is 2.28. The highest BCUT2D eigenvalue weighted by Crippen LogP contribution is 2.19. The number of amides is 1. The van der Waals surface area contributed by atoms with Crippen molar-refractivity contribution in [1.82, 2.24) is 4.98 Å². The highest BCUT2D eigenvalue weighted by molar-refractivity contribution is 5.92. The van der Waals surface area contributed by atoms with Crippen molar-refractivity contribution in [1.29, 1.82) is 0 Å². The minimum absolute atomic E-state index is 0.0384. The Balaban J connectivity index is 1.95. The van der Waals surface area contributed by atoms with E-state index < -0.39 is 0 Å². The van der Waals surface area contributed by atoms with Gasteiger partial charge in [0, 0.05) is 12.1 Å². The van der Waals surface area contributed by atoms with Crippen molar-refractivity contribution in [2.24, 2.45) is 0 Å². The van der Waals surface area contributed by atoms with Gasteiger partial charge in [0.05, 0.1) is 11.4 Å². The second-order valence-corrected chi connectivity index (χ2v) is 5.76. The molecule has 3 heteroatoms. The molecule has 1 N–H and O–H groups in total. The summed E-state index contributed by atoms with van der Waals surface area (Å²) in [6.45, 7) is 8.04. The van der Waals surface area contributed by atoms with Gasteiger partial charge < -0.3 is 5.32 Å². The molecule has 0 aliphatic carbocycles. The Morgan fingerprint density at radius 3 is 2.32 bits per heavy atom. The first-order chi connectivity index (χ1) is 10.5. The molecule has 1 aromatic heterocycles. The van der Waals surface area contributed by atoms with Crippen LogP contribution < -0.4 is 5.32 Å². The maximum Gasteiger partial charge on any atom is 0.224 e. The van der Waals surface area contributed by atoms with Crippen LogP contribution in [0.3, 0.4) is 0 Å². The molecule has 116 valence electrons. The number of hydrogen-bond acceptors (Lipinski definition) is 2. The molecule has 0 saturated heterocycles. The predicted octanol–water partition coefficient (Wildman–Crippen LogP) is 4.14. The molecule has 0 aliphatic heterocycles. The molecule has 0 bridgehead atoms. The first kappa shape index (κ1) is 16.2. The Morgan fingerprint density at radius 1 is 1.09 bits per heavy atom. The van der Waals surface area contributed by atoms with Gasteiger partial charge in [-0.1, -0.05) is 31.2 Å². The average molecular weight is 296 g/mol.